The lowest BCUT2D eigenvalue weighted by Gasteiger charge is -2.15. The Morgan fingerprint density at radius 3 is 2.26 bits per heavy atom. The van der Waals surface area contributed by atoms with Gasteiger partial charge in [0.25, 0.3) is 0 Å². The number of hydrogen-bond acceptors (Lipinski definition) is 0. The first-order valence-corrected chi connectivity index (χ1v) is 7.38. The molecule has 0 spiro atoms. The first-order valence-electron chi connectivity index (χ1n) is 6.47. The highest BCUT2D eigenvalue weighted by Gasteiger charge is 2.12. The lowest BCUT2D eigenvalue weighted by atomic mass is 9.92. The van der Waals surface area contributed by atoms with Crippen LogP contribution in [0.2, 0.25) is 5.02 Å². The first kappa shape index (κ1) is 14.4. The lowest BCUT2D eigenvalue weighted by molar-refractivity contribution is 0.765. The van der Waals surface area contributed by atoms with Crippen molar-refractivity contribution in [3.8, 4) is 0 Å². The van der Waals surface area contributed by atoms with E-state index < -0.39 is 0 Å². The van der Waals surface area contributed by atoms with Crippen molar-refractivity contribution in [2.24, 2.45) is 0 Å². The molecule has 0 nitrogen and oxygen atoms in total. The fourth-order valence-electron chi connectivity index (χ4n) is 2.49. The summed E-state index contributed by atoms with van der Waals surface area (Å²) in [5.41, 5.74) is 5.15. The molecule has 0 amide bonds. The highest BCUT2D eigenvalue weighted by Crippen LogP contribution is 2.25. The Morgan fingerprint density at radius 2 is 1.68 bits per heavy atom. The second kappa shape index (κ2) is 6.45. The minimum atomic E-state index is 0.307. The lowest BCUT2D eigenvalue weighted by Crippen LogP contribution is -2.05. The number of halogens is 2. The van der Waals surface area contributed by atoms with Crippen molar-refractivity contribution in [2.45, 2.75) is 26.2 Å². The van der Waals surface area contributed by atoms with Crippen LogP contribution in [0.4, 0.5) is 0 Å². The van der Waals surface area contributed by atoms with Crippen LogP contribution in [0.25, 0.3) is 0 Å². The standard InChI is InChI=1S/C17H18Cl2/c1-12-6-13(2)8-14(7-12)9-16(11-18)15-4-3-5-17(19)10-15/h3-8,10,16H,9,11H2,1-2H3. The zero-order chi connectivity index (χ0) is 13.8. The molecule has 100 valence electrons. The maximum absolute atomic E-state index is 6.14. The Labute approximate surface area is 125 Å². The molecule has 0 N–H and O–H groups in total. The third kappa shape index (κ3) is 3.99. The van der Waals surface area contributed by atoms with Gasteiger partial charge in [-0.3, -0.25) is 0 Å². The molecule has 0 aliphatic carbocycles. The highest BCUT2D eigenvalue weighted by atomic mass is 35.5. The summed E-state index contributed by atoms with van der Waals surface area (Å²) < 4.78 is 0. The van der Waals surface area contributed by atoms with Crippen molar-refractivity contribution >= 4 is 23.2 Å². The van der Waals surface area contributed by atoms with Gasteiger partial charge in [0, 0.05) is 16.8 Å². The van der Waals surface area contributed by atoms with Gasteiger partial charge >= 0.3 is 0 Å². The van der Waals surface area contributed by atoms with Crippen LogP contribution in [0, 0.1) is 13.8 Å². The Hall–Kier alpha value is -0.980. The summed E-state index contributed by atoms with van der Waals surface area (Å²) in [5, 5.41) is 0.771. The highest BCUT2D eigenvalue weighted by molar-refractivity contribution is 6.30. The van der Waals surface area contributed by atoms with Gasteiger partial charge in [0.1, 0.15) is 0 Å². The molecule has 2 aromatic rings. The zero-order valence-electron chi connectivity index (χ0n) is 11.3. The summed E-state index contributed by atoms with van der Waals surface area (Å²) in [4.78, 5) is 0. The Balaban J connectivity index is 2.23. The summed E-state index contributed by atoms with van der Waals surface area (Å²) in [6.07, 6.45) is 0.951. The van der Waals surface area contributed by atoms with Crippen molar-refractivity contribution in [3.05, 3.63) is 69.7 Å². The molecule has 0 aliphatic heterocycles. The Bertz CT molecular complexity index is 541. The summed E-state index contributed by atoms with van der Waals surface area (Å²) in [6, 6.07) is 14.7. The van der Waals surface area contributed by atoms with Gasteiger partial charge in [-0.1, -0.05) is 53.1 Å². The van der Waals surface area contributed by atoms with Crippen LogP contribution in [0.3, 0.4) is 0 Å². The average molecular weight is 293 g/mol. The number of rotatable bonds is 4. The maximum Gasteiger partial charge on any atom is 0.0408 e. The van der Waals surface area contributed by atoms with E-state index in [1.165, 1.54) is 22.3 Å². The van der Waals surface area contributed by atoms with Crippen LogP contribution < -0.4 is 0 Å². The minimum absolute atomic E-state index is 0.307. The van der Waals surface area contributed by atoms with Crippen molar-refractivity contribution in [2.75, 3.05) is 5.88 Å². The number of benzene rings is 2. The van der Waals surface area contributed by atoms with E-state index in [2.05, 4.69) is 38.1 Å². The van der Waals surface area contributed by atoms with Crippen molar-refractivity contribution in [1.82, 2.24) is 0 Å². The summed E-state index contributed by atoms with van der Waals surface area (Å²) in [6.45, 7) is 4.26. The molecule has 19 heavy (non-hydrogen) atoms. The molecule has 0 aliphatic rings. The monoisotopic (exact) mass is 292 g/mol. The molecule has 1 atom stereocenters. The molecule has 0 heterocycles. The van der Waals surface area contributed by atoms with Crippen LogP contribution in [0.1, 0.15) is 28.2 Å². The Kier molecular flexibility index (Phi) is 4.90. The fraction of sp³-hybridized carbons (Fsp3) is 0.294. The van der Waals surface area contributed by atoms with Gasteiger partial charge in [-0.2, -0.15) is 0 Å². The van der Waals surface area contributed by atoms with Crippen LogP contribution in [-0.4, -0.2) is 5.88 Å². The normalized spacial score (nSPS) is 12.4. The van der Waals surface area contributed by atoms with Crippen molar-refractivity contribution < 1.29 is 0 Å². The molecule has 0 bridgehead atoms. The minimum Gasteiger partial charge on any atom is -0.126 e. The van der Waals surface area contributed by atoms with E-state index in [4.69, 9.17) is 23.2 Å². The molecule has 0 saturated heterocycles. The van der Waals surface area contributed by atoms with E-state index in [9.17, 15) is 0 Å². The number of hydrogen-bond donors (Lipinski definition) is 0. The molecular weight excluding hydrogens is 275 g/mol. The van der Waals surface area contributed by atoms with Crippen LogP contribution >= 0.6 is 23.2 Å². The third-order valence-electron chi connectivity index (χ3n) is 3.27. The predicted molar refractivity (Wildman–Crippen MR) is 84.5 cm³/mol. The zero-order valence-corrected chi connectivity index (χ0v) is 12.8. The molecule has 2 aromatic carbocycles. The second-order valence-electron chi connectivity index (χ2n) is 5.11. The Morgan fingerprint density at radius 1 is 1.00 bits per heavy atom. The van der Waals surface area contributed by atoms with Gasteiger partial charge < -0.3 is 0 Å². The van der Waals surface area contributed by atoms with Gasteiger partial charge in [-0.25, -0.2) is 0 Å². The van der Waals surface area contributed by atoms with E-state index in [1.807, 2.05) is 18.2 Å². The van der Waals surface area contributed by atoms with Crippen molar-refractivity contribution in [1.29, 1.82) is 0 Å². The molecule has 0 radical (unpaired) electrons. The van der Waals surface area contributed by atoms with Gasteiger partial charge in [-0.15, -0.1) is 11.6 Å². The van der Waals surface area contributed by atoms with E-state index in [0.717, 1.165) is 11.4 Å². The number of alkyl halides is 1. The quantitative estimate of drug-likeness (QED) is 0.651. The summed E-state index contributed by atoms with van der Waals surface area (Å²) >= 11 is 12.2. The average Bonchev–Trinajstić information content (AvgIpc) is 2.34. The van der Waals surface area contributed by atoms with E-state index >= 15 is 0 Å². The predicted octanol–water partition coefficient (Wildman–Crippen LogP) is 5.52. The van der Waals surface area contributed by atoms with E-state index in [-0.39, 0.29) is 0 Å². The van der Waals surface area contributed by atoms with E-state index in [1.54, 1.807) is 0 Å². The largest absolute Gasteiger partial charge is 0.126 e. The molecule has 1 unspecified atom stereocenters. The van der Waals surface area contributed by atoms with Crippen LogP contribution in [0.15, 0.2) is 42.5 Å². The van der Waals surface area contributed by atoms with Gasteiger partial charge in [0.2, 0.25) is 0 Å². The van der Waals surface area contributed by atoms with Crippen molar-refractivity contribution in [3.63, 3.8) is 0 Å². The van der Waals surface area contributed by atoms with Gasteiger partial charge in [-0.05, 0) is 43.5 Å². The summed E-state index contributed by atoms with van der Waals surface area (Å²) in [7, 11) is 0. The molecule has 0 aromatic heterocycles. The molecule has 2 heteroatoms. The van der Waals surface area contributed by atoms with Crippen LogP contribution in [-0.2, 0) is 6.42 Å². The molecule has 2 rings (SSSR count). The smallest absolute Gasteiger partial charge is 0.0408 e. The topological polar surface area (TPSA) is 0 Å². The molecule has 0 fully saturated rings. The molecular formula is C17H18Cl2. The fourth-order valence-corrected chi connectivity index (χ4v) is 2.98. The summed E-state index contributed by atoms with van der Waals surface area (Å²) in [5.74, 6) is 0.912. The number of aryl methyl sites for hydroxylation is 2. The molecule has 0 saturated carbocycles. The first-order chi connectivity index (χ1) is 9.08. The third-order valence-corrected chi connectivity index (χ3v) is 3.88. The maximum atomic E-state index is 6.14. The SMILES string of the molecule is Cc1cc(C)cc(CC(CCl)c2cccc(Cl)c2)c1. The second-order valence-corrected chi connectivity index (χ2v) is 5.85. The van der Waals surface area contributed by atoms with E-state index in [0.29, 0.717) is 11.8 Å². The van der Waals surface area contributed by atoms with Gasteiger partial charge in [0.05, 0.1) is 0 Å². The van der Waals surface area contributed by atoms with Crippen LogP contribution in [0.5, 0.6) is 0 Å². The van der Waals surface area contributed by atoms with Gasteiger partial charge in [0.15, 0.2) is 0 Å².